The number of para-hydroxylation sites is 1. The molecule has 0 saturated heterocycles. The van der Waals surface area contributed by atoms with Gasteiger partial charge in [-0.25, -0.2) is 13.1 Å². The van der Waals surface area contributed by atoms with E-state index in [1.165, 1.54) is 0 Å². The first-order chi connectivity index (χ1) is 8.48. The second-order valence-corrected chi connectivity index (χ2v) is 6.35. The van der Waals surface area contributed by atoms with Gasteiger partial charge in [-0.1, -0.05) is 30.4 Å². The molecule has 1 aromatic carbocycles. The van der Waals surface area contributed by atoms with Gasteiger partial charge in [-0.15, -0.1) is 0 Å². The Balaban J connectivity index is 2.19. The topological polar surface area (TPSA) is 81.4 Å². The van der Waals surface area contributed by atoms with Crippen molar-refractivity contribution >= 4 is 27.2 Å². The lowest BCUT2D eigenvalue weighted by molar-refractivity contribution is 0.263. The molecule has 0 spiro atoms. The van der Waals surface area contributed by atoms with Crippen LogP contribution in [0, 0.1) is 0 Å². The Labute approximate surface area is 111 Å². The first-order valence-electron chi connectivity index (χ1n) is 5.48. The molecular weight excluding hydrogens is 272 g/mol. The first-order valence-corrected chi connectivity index (χ1v) is 7.54. The number of thiocarbonyl (C=S) groups is 1. The number of nitrogens with one attached hydrogen (secondary N) is 1. The number of rotatable bonds is 4. The molecule has 0 saturated carbocycles. The van der Waals surface area contributed by atoms with Gasteiger partial charge in [-0.2, -0.15) is 0 Å². The highest BCUT2D eigenvalue weighted by Crippen LogP contribution is 2.31. The summed E-state index contributed by atoms with van der Waals surface area (Å²) < 4.78 is 31.7. The van der Waals surface area contributed by atoms with E-state index in [0.717, 1.165) is 5.56 Å². The van der Waals surface area contributed by atoms with Gasteiger partial charge >= 0.3 is 0 Å². The molecule has 1 heterocycles. The molecule has 3 N–H and O–H groups in total. The van der Waals surface area contributed by atoms with Crippen LogP contribution in [0.15, 0.2) is 24.3 Å². The van der Waals surface area contributed by atoms with Crippen LogP contribution in [0.25, 0.3) is 0 Å². The Morgan fingerprint density at radius 3 is 2.94 bits per heavy atom. The summed E-state index contributed by atoms with van der Waals surface area (Å²) in [5, 5.41) is 0. The summed E-state index contributed by atoms with van der Waals surface area (Å²) in [5.41, 5.74) is 6.11. The van der Waals surface area contributed by atoms with Crippen LogP contribution in [-0.4, -0.2) is 25.8 Å². The minimum atomic E-state index is -3.49. The minimum absolute atomic E-state index is 0.0390. The van der Waals surface area contributed by atoms with Gasteiger partial charge in [0.2, 0.25) is 10.0 Å². The van der Waals surface area contributed by atoms with E-state index in [-0.39, 0.29) is 16.8 Å². The van der Waals surface area contributed by atoms with E-state index in [9.17, 15) is 8.42 Å². The summed E-state index contributed by atoms with van der Waals surface area (Å²) in [6.07, 6.45) is 0.591. The molecule has 1 aromatic rings. The maximum atomic E-state index is 11.8. The molecule has 5 nitrogen and oxygen atoms in total. The molecule has 0 radical (unpaired) electrons. The largest absolute Gasteiger partial charge is 0.493 e. The van der Waals surface area contributed by atoms with E-state index in [1.54, 1.807) is 0 Å². The third-order valence-electron chi connectivity index (χ3n) is 2.61. The van der Waals surface area contributed by atoms with E-state index in [1.807, 2.05) is 24.3 Å². The van der Waals surface area contributed by atoms with E-state index in [4.69, 9.17) is 10.5 Å². The fraction of sp³-hybridized carbons (Fsp3) is 0.364. The summed E-state index contributed by atoms with van der Waals surface area (Å²) in [6, 6.07) is 7.09. The molecule has 0 amide bonds. The van der Waals surface area contributed by atoms with Crippen molar-refractivity contribution in [3.05, 3.63) is 29.8 Å². The first kappa shape index (κ1) is 13.3. The SMILES string of the molecule is NC(=S)CS(=O)(=O)NC1CCOc2ccccc21. The van der Waals surface area contributed by atoms with Gasteiger partial charge in [0, 0.05) is 12.0 Å². The van der Waals surface area contributed by atoms with Crippen molar-refractivity contribution in [3.8, 4) is 5.75 Å². The molecule has 1 aliphatic rings. The molecule has 7 heteroatoms. The number of hydrogen-bond donors (Lipinski definition) is 2. The van der Waals surface area contributed by atoms with Crippen molar-refractivity contribution in [2.24, 2.45) is 5.73 Å². The second kappa shape index (κ2) is 5.21. The number of nitrogens with two attached hydrogens (primary N) is 1. The number of sulfonamides is 1. The Hall–Kier alpha value is -1.18. The van der Waals surface area contributed by atoms with Gasteiger partial charge in [0.25, 0.3) is 0 Å². The number of benzene rings is 1. The normalized spacial score (nSPS) is 18.8. The number of hydrogen-bond acceptors (Lipinski definition) is 4. The fourth-order valence-electron chi connectivity index (χ4n) is 1.91. The third kappa shape index (κ3) is 3.18. The summed E-state index contributed by atoms with van der Waals surface area (Å²) in [5.74, 6) is 0.383. The van der Waals surface area contributed by atoms with Crippen LogP contribution in [0.5, 0.6) is 5.75 Å². The molecule has 0 aliphatic carbocycles. The highest BCUT2D eigenvalue weighted by Gasteiger charge is 2.25. The van der Waals surface area contributed by atoms with Crippen LogP contribution in [0.1, 0.15) is 18.0 Å². The van der Waals surface area contributed by atoms with Crippen LogP contribution < -0.4 is 15.2 Å². The van der Waals surface area contributed by atoms with Gasteiger partial charge in [0.15, 0.2) is 0 Å². The quantitative estimate of drug-likeness (QED) is 0.797. The highest BCUT2D eigenvalue weighted by molar-refractivity contribution is 7.92. The summed E-state index contributed by atoms with van der Waals surface area (Å²) >= 11 is 4.62. The number of fused-ring (bicyclic) bond motifs is 1. The predicted molar refractivity (Wildman–Crippen MR) is 73.0 cm³/mol. The average molecular weight is 286 g/mol. The summed E-state index contributed by atoms with van der Waals surface area (Å²) in [4.78, 5) is -0.0390. The van der Waals surface area contributed by atoms with Crippen LogP contribution in [0.3, 0.4) is 0 Å². The molecular formula is C11H14N2O3S2. The lowest BCUT2D eigenvalue weighted by Crippen LogP contribution is -2.36. The maximum Gasteiger partial charge on any atom is 0.218 e. The smallest absolute Gasteiger partial charge is 0.218 e. The van der Waals surface area contributed by atoms with Gasteiger partial charge in [0.05, 0.1) is 17.6 Å². The van der Waals surface area contributed by atoms with Crippen LogP contribution >= 0.6 is 12.2 Å². The lowest BCUT2D eigenvalue weighted by atomic mass is 10.0. The van der Waals surface area contributed by atoms with Crippen molar-refractivity contribution in [2.45, 2.75) is 12.5 Å². The number of ether oxygens (including phenoxy) is 1. The molecule has 0 aromatic heterocycles. The zero-order chi connectivity index (χ0) is 13.2. The fourth-order valence-corrected chi connectivity index (χ4v) is 3.51. The zero-order valence-corrected chi connectivity index (χ0v) is 11.3. The van der Waals surface area contributed by atoms with Crippen molar-refractivity contribution in [3.63, 3.8) is 0 Å². The summed E-state index contributed by atoms with van der Waals surface area (Å²) in [6.45, 7) is 0.483. The van der Waals surface area contributed by atoms with E-state index in [0.29, 0.717) is 18.8 Å². The van der Waals surface area contributed by atoms with E-state index >= 15 is 0 Å². The molecule has 1 atom stereocenters. The zero-order valence-electron chi connectivity index (χ0n) is 9.63. The Morgan fingerprint density at radius 1 is 1.50 bits per heavy atom. The van der Waals surface area contributed by atoms with Crippen LogP contribution in [0.4, 0.5) is 0 Å². The second-order valence-electron chi connectivity index (χ2n) is 4.07. The Morgan fingerprint density at radius 2 is 2.22 bits per heavy atom. The molecule has 98 valence electrons. The van der Waals surface area contributed by atoms with Gasteiger partial charge in [0.1, 0.15) is 11.5 Å². The summed E-state index contributed by atoms with van der Waals surface area (Å²) in [7, 11) is -3.49. The lowest BCUT2D eigenvalue weighted by Gasteiger charge is -2.26. The minimum Gasteiger partial charge on any atom is -0.493 e. The molecule has 18 heavy (non-hydrogen) atoms. The molecule has 1 aliphatic heterocycles. The Bertz CT molecular complexity index is 557. The monoisotopic (exact) mass is 286 g/mol. The van der Waals surface area contributed by atoms with Crippen LogP contribution in [-0.2, 0) is 10.0 Å². The standard InChI is InChI=1S/C11H14N2O3S2/c12-11(17)7-18(14,15)13-9-5-6-16-10-4-2-1-3-8(9)10/h1-4,9,13H,5-7H2,(H2,12,17). The van der Waals surface area contributed by atoms with Gasteiger partial charge in [-0.3, -0.25) is 0 Å². The van der Waals surface area contributed by atoms with E-state index in [2.05, 4.69) is 16.9 Å². The van der Waals surface area contributed by atoms with Crippen molar-refractivity contribution < 1.29 is 13.2 Å². The third-order valence-corrected chi connectivity index (χ3v) is 4.27. The van der Waals surface area contributed by atoms with E-state index < -0.39 is 10.0 Å². The molecule has 0 fully saturated rings. The van der Waals surface area contributed by atoms with Crippen molar-refractivity contribution in [2.75, 3.05) is 12.4 Å². The molecule has 2 rings (SSSR count). The Kier molecular flexibility index (Phi) is 3.84. The van der Waals surface area contributed by atoms with Crippen molar-refractivity contribution in [1.29, 1.82) is 0 Å². The van der Waals surface area contributed by atoms with Gasteiger partial charge in [-0.05, 0) is 6.07 Å². The molecule has 1 unspecified atom stereocenters. The van der Waals surface area contributed by atoms with Crippen molar-refractivity contribution in [1.82, 2.24) is 4.72 Å². The average Bonchev–Trinajstić information content (AvgIpc) is 2.27. The molecule has 0 bridgehead atoms. The highest BCUT2D eigenvalue weighted by atomic mass is 32.2. The maximum absolute atomic E-state index is 11.8. The predicted octanol–water partition coefficient (Wildman–Crippen LogP) is 0.716. The van der Waals surface area contributed by atoms with Crippen LogP contribution in [0.2, 0.25) is 0 Å². The van der Waals surface area contributed by atoms with Gasteiger partial charge < -0.3 is 10.5 Å².